The average Bonchev–Trinajstić information content (AvgIpc) is 2.66. The summed E-state index contributed by atoms with van der Waals surface area (Å²) >= 11 is 0. The van der Waals surface area contributed by atoms with E-state index in [-0.39, 0.29) is 29.4 Å². The van der Waals surface area contributed by atoms with Crippen molar-refractivity contribution in [3.05, 3.63) is 42.1 Å². The fourth-order valence-corrected chi connectivity index (χ4v) is 4.31. The van der Waals surface area contributed by atoms with E-state index in [1.807, 2.05) is 0 Å². The van der Waals surface area contributed by atoms with Gasteiger partial charge in [0.25, 0.3) is 0 Å². The molecular weight excluding hydrogens is 407 g/mol. The van der Waals surface area contributed by atoms with Crippen LogP contribution < -0.4 is 24.0 Å². The van der Waals surface area contributed by atoms with E-state index >= 15 is 0 Å². The lowest BCUT2D eigenvalue weighted by Gasteiger charge is -2.34. The molecule has 0 unspecified atom stereocenters. The van der Waals surface area contributed by atoms with Crippen LogP contribution >= 0.6 is 0 Å². The van der Waals surface area contributed by atoms with Crippen molar-refractivity contribution in [2.45, 2.75) is 46.0 Å². The highest BCUT2D eigenvalue weighted by atomic mass is 127. The molecule has 0 spiro atoms. The quantitative estimate of drug-likeness (QED) is 0.483. The fourth-order valence-electron chi connectivity index (χ4n) is 4.31. The van der Waals surface area contributed by atoms with Gasteiger partial charge in [-0.15, -0.1) is 0 Å². The van der Waals surface area contributed by atoms with Crippen LogP contribution in [0.2, 0.25) is 0 Å². The van der Waals surface area contributed by atoms with E-state index in [2.05, 4.69) is 89.2 Å². The molecule has 1 aliphatic rings. The zero-order valence-corrected chi connectivity index (χ0v) is 18.5. The summed E-state index contributed by atoms with van der Waals surface area (Å²) in [5.41, 5.74) is 5.39. The number of hydrogen-bond donors (Lipinski definition) is 0. The van der Waals surface area contributed by atoms with E-state index in [9.17, 15) is 0 Å². The molecule has 0 saturated heterocycles. The van der Waals surface area contributed by atoms with Crippen LogP contribution in [0.5, 0.6) is 0 Å². The minimum Gasteiger partial charge on any atom is -1.00 e. The molecule has 1 aromatic rings. The molecule has 3 heteroatoms. The van der Waals surface area contributed by atoms with E-state index in [1.165, 1.54) is 17.0 Å². The first-order valence-corrected chi connectivity index (χ1v) is 8.78. The Hall–Kier alpha value is -0.840. The topological polar surface area (TPSA) is 6.25 Å². The van der Waals surface area contributed by atoms with Crippen molar-refractivity contribution in [3.63, 3.8) is 0 Å². The summed E-state index contributed by atoms with van der Waals surface area (Å²) in [7, 11) is 6.40. The first-order chi connectivity index (χ1) is 10.7. The van der Waals surface area contributed by atoms with E-state index in [4.69, 9.17) is 0 Å². The first-order valence-electron chi connectivity index (χ1n) is 8.78. The van der Waals surface area contributed by atoms with Crippen molar-refractivity contribution in [1.82, 2.24) is 4.90 Å². The van der Waals surface area contributed by atoms with Crippen molar-refractivity contribution in [2.24, 2.45) is 11.8 Å². The second-order valence-electron chi connectivity index (χ2n) is 8.04. The van der Waals surface area contributed by atoms with Gasteiger partial charge in [0.15, 0.2) is 0 Å². The van der Waals surface area contributed by atoms with Crippen LogP contribution in [0.1, 0.15) is 46.1 Å². The van der Waals surface area contributed by atoms with Gasteiger partial charge in [-0.3, -0.25) is 0 Å². The predicted molar refractivity (Wildman–Crippen MR) is 101 cm³/mol. The van der Waals surface area contributed by atoms with Gasteiger partial charge < -0.3 is 28.9 Å². The standard InChI is InChI=1S/C21H33N2.HI/c1-15(2)13-21(14-16(3)4)18-11-9-10-12-19(18)23(8)20(21)17(5)22(6)7;/h9-12,15-16H,5,13-14H2,1-4,6-8H3;1H/q+1;/p-1. The lowest BCUT2D eigenvalue weighted by molar-refractivity contribution is -0.402. The smallest absolute Gasteiger partial charge is 0.215 e. The van der Waals surface area contributed by atoms with Crippen LogP contribution in [0.3, 0.4) is 0 Å². The number of fused-ring (bicyclic) bond motifs is 1. The van der Waals surface area contributed by atoms with Crippen LogP contribution in [-0.4, -0.2) is 36.3 Å². The summed E-state index contributed by atoms with van der Waals surface area (Å²) in [6, 6.07) is 8.91. The summed E-state index contributed by atoms with van der Waals surface area (Å²) in [5.74, 6) is 1.27. The van der Waals surface area contributed by atoms with Gasteiger partial charge in [0.05, 0.1) is 11.1 Å². The van der Waals surface area contributed by atoms with Crippen molar-refractivity contribution in [2.75, 3.05) is 21.1 Å². The number of rotatable bonds is 6. The van der Waals surface area contributed by atoms with E-state index in [0.29, 0.717) is 11.8 Å². The first kappa shape index (κ1) is 21.2. The third-order valence-electron chi connectivity index (χ3n) is 4.90. The molecule has 1 heterocycles. The summed E-state index contributed by atoms with van der Waals surface area (Å²) in [5, 5.41) is 0. The largest absolute Gasteiger partial charge is 1.00 e. The van der Waals surface area contributed by atoms with Crippen LogP contribution in [0.15, 0.2) is 36.5 Å². The molecule has 1 aliphatic heterocycles. The van der Waals surface area contributed by atoms with Crippen molar-refractivity contribution in [1.29, 1.82) is 0 Å². The van der Waals surface area contributed by atoms with Gasteiger partial charge in [-0.25, -0.2) is 0 Å². The van der Waals surface area contributed by atoms with Crippen LogP contribution in [0, 0.1) is 11.8 Å². The number of hydrogen-bond acceptors (Lipinski definition) is 1. The molecule has 2 nitrogen and oxygen atoms in total. The second kappa shape index (κ2) is 8.03. The van der Waals surface area contributed by atoms with E-state index in [1.54, 1.807) is 0 Å². The molecule has 0 bridgehead atoms. The number of para-hydroxylation sites is 1. The Morgan fingerprint density at radius 1 is 1.08 bits per heavy atom. The maximum Gasteiger partial charge on any atom is 0.215 e. The zero-order chi connectivity index (χ0) is 17.4. The number of benzene rings is 1. The highest BCUT2D eigenvalue weighted by Crippen LogP contribution is 2.48. The average molecular weight is 440 g/mol. The van der Waals surface area contributed by atoms with E-state index in [0.717, 1.165) is 18.5 Å². The highest BCUT2D eigenvalue weighted by Gasteiger charge is 2.52. The molecule has 0 radical (unpaired) electrons. The summed E-state index contributed by atoms with van der Waals surface area (Å²) in [6.07, 6.45) is 2.32. The Bertz CT molecular complexity index is 616. The number of allylic oxidation sites excluding steroid dienone is 1. The third-order valence-corrected chi connectivity index (χ3v) is 4.90. The SMILES string of the molecule is C=C(C1=[N+](C)c2ccccc2C1(CC(C)C)CC(C)C)N(C)C.[I-]. The van der Waals surface area contributed by atoms with Crippen LogP contribution in [-0.2, 0) is 5.41 Å². The monoisotopic (exact) mass is 440 g/mol. The zero-order valence-electron chi connectivity index (χ0n) is 16.4. The van der Waals surface area contributed by atoms with Gasteiger partial charge in [0, 0.05) is 25.7 Å². The number of halogens is 1. The lowest BCUT2D eigenvalue weighted by Crippen LogP contribution is -3.00. The molecule has 0 saturated carbocycles. The van der Waals surface area contributed by atoms with Gasteiger partial charge in [0.2, 0.25) is 11.4 Å². The normalized spacial score (nSPS) is 15.5. The van der Waals surface area contributed by atoms with Gasteiger partial charge in [0.1, 0.15) is 7.05 Å². The van der Waals surface area contributed by atoms with Crippen molar-refractivity contribution >= 4 is 11.4 Å². The second-order valence-corrected chi connectivity index (χ2v) is 8.04. The Balaban J connectivity index is 0.00000288. The Kier molecular flexibility index (Phi) is 7.09. The van der Waals surface area contributed by atoms with Gasteiger partial charge in [-0.1, -0.05) is 52.5 Å². The molecule has 0 atom stereocenters. The molecule has 1 aromatic carbocycles. The third kappa shape index (κ3) is 3.71. The summed E-state index contributed by atoms with van der Waals surface area (Å²) in [4.78, 5) is 2.16. The fraction of sp³-hybridized carbons (Fsp3) is 0.571. The van der Waals surface area contributed by atoms with Crippen molar-refractivity contribution < 1.29 is 28.6 Å². The molecule has 134 valence electrons. The minimum atomic E-state index is 0. The lowest BCUT2D eigenvalue weighted by atomic mass is 9.66. The molecule has 0 aliphatic carbocycles. The predicted octanol–water partition coefficient (Wildman–Crippen LogP) is 1.82. The maximum absolute atomic E-state index is 4.43. The van der Waals surface area contributed by atoms with Crippen molar-refractivity contribution in [3.8, 4) is 0 Å². The molecule has 0 fully saturated rings. The molecule has 0 N–H and O–H groups in total. The van der Waals surface area contributed by atoms with Gasteiger partial charge in [-0.2, -0.15) is 4.58 Å². The molecule has 2 rings (SSSR count). The van der Waals surface area contributed by atoms with Gasteiger partial charge in [-0.05, 0) is 24.7 Å². The Morgan fingerprint density at radius 2 is 1.58 bits per heavy atom. The van der Waals surface area contributed by atoms with Gasteiger partial charge >= 0.3 is 0 Å². The summed E-state index contributed by atoms with van der Waals surface area (Å²) < 4.78 is 2.38. The molecular formula is C21H33IN2. The minimum absolute atomic E-state index is 0. The Labute approximate surface area is 165 Å². The molecule has 0 aromatic heterocycles. The summed E-state index contributed by atoms with van der Waals surface area (Å²) in [6.45, 7) is 13.8. The maximum atomic E-state index is 4.43. The molecule has 24 heavy (non-hydrogen) atoms. The van der Waals surface area contributed by atoms with Crippen LogP contribution in [0.25, 0.3) is 0 Å². The van der Waals surface area contributed by atoms with Crippen LogP contribution in [0.4, 0.5) is 5.69 Å². The van der Waals surface area contributed by atoms with E-state index < -0.39 is 0 Å². The molecule has 0 amide bonds. The number of nitrogens with zero attached hydrogens (tertiary/aromatic N) is 2. The highest BCUT2D eigenvalue weighted by molar-refractivity contribution is 6.06. The Morgan fingerprint density at radius 3 is 2.04 bits per heavy atom.